The van der Waals surface area contributed by atoms with E-state index in [9.17, 15) is 0 Å². The second kappa shape index (κ2) is 10.5. The van der Waals surface area contributed by atoms with Crippen LogP contribution in [0.25, 0.3) is 10.9 Å². The highest BCUT2D eigenvalue weighted by Crippen LogP contribution is 2.30. The van der Waals surface area contributed by atoms with Gasteiger partial charge in [0.15, 0.2) is 0 Å². The van der Waals surface area contributed by atoms with E-state index >= 15 is 0 Å². The van der Waals surface area contributed by atoms with E-state index < -0.39 is 0 Å². The van der Waals surface area contributed by atoms with Gasteiger partial charge in [-0.3, -0.25) is 0 Å². The van der Waals surface area contributed by atoms with Crippen molar-refractivity contribution in [2.75, 3.05) is 49.6 Å². The maximum atomic E-state index is 6.47. The SMILES string of the molecule is C#Cc1cc(OC2CCN(C(C)C)CC2)c2nc(Nc3ccc(N4CCOCC4)cc3)ncc2c1. The predicted molar refractivity (Wildman–Crippen MR) is 141 cm³/mol. The number of piperidine rings is 1. The van der Waals surface area contributed by atoms with Gasteiger partial charge in [-0.1, -0.05) is 5.92 Å². The number of likely N-dealkylation sites (tertiary alicyclic amines) is 1. The molecule has 0 aliphatic carbocycles. The second-order valence-corrected chi connectivity index (χ2v) is 9.47. The van der Waals surface area contributed by atoms with Gasteiger partial charge in [-0.25, -0.2) is 9.97 Å². The van der Waals surface area contributed by atoms with Gasteiger partial charge in [0, 0.05) is 60.7 Å². The smallest absolute Gasteiger partial charge is 0.227 e. The molecule has 0 radical (unpaired) electrons. The van der Waals surface area contributed by atoms with Crippen molar-refractivity contribution < 1.29 is 9.47 Å². The Morgan fingerprint density at radius 1 is 1.09 bits per heavy atom. The molecule has 2 fully saturated rings. The third-order valence-electron chi connectivity index (χ3n) is 6.81. The molecule has 2 aliphatic heterocycles. The van der Waals surface area contributed by atoms with Crippen LogP contribution in [0.1, 0.15) is 32.3 Å². The van der Waals surface area contributed by atoms with Crippen LogP contribution in [0.2, 0.25) is 0 Å². The molecule has 2 aliphatic rings. The maximum absolute atomic E-state index is 6.47. The van der Waals surface area contributed by atoms with Crippen molar-refractivity contribution >= 4 is 28.2 Å². The number of nitrogens with zero attached hydrogens (tertiary/aromatic N) is 4. The van der Waals surface area contributed by atoms with E-state index in [1.807, 2.05) is 18.3 Å². The number of ether oxygens (including phenoxy) is 2. The molecular weight excluding hydrogens is 438 g/mol. The average Bonchev–Trinajstić information content (AvgIpc) is 2.90. The Morgan fingerprint density at radius 2 is 1.83 bits per heavy atom. The Kier molecular flexibility index (Phi) is 7.03. The molecule has 3 aromatic rings. The van der Waals surface area contributed by atoms with Crippen LogP contribution in [0, 0.1) is 12.3 Å². The van der Waals surface area contributed by atoms with Gasteiger partial charge >= 0.3 is 0 Å². The molecule has 182 valence electrons. The number of rotatable bonds is 6. The molecule has 0 atom stereocenters. The van der Waals surface area contributed by atoms with Crippen molar-refractivity contribution in [3.63, 3.8) is 0 Å². The quantitative estimate of drug-likeness (QED) is 0.533. The fourth-order valence-corrected chi connectivity index (χ4v) is 4.74. The average molecular weight is 472 g/mol. The van der Waals surface area contributed by atoms with Crippen molar-refractivity contribution in [2.45, 2.75) is 38.8 Å². The van der Waals surface area contributed by atoms with Crippen LogP contribution in [-0.2, 0) is 4.74 Å². The molecule has 7 heteroatoms. The summed E-state index contributed by atoms with van der Waals surface area (Å²) in [5.41, 5.74) is 3.68. The summed E-state index contributed by atoms with van der Waals surface area (Å²) in [4.78, 5) is 14.2. The largest absolute Gasteiger partial charge is 0.488 e. The lowest BCUT2D eigenvalue weighted by Crippen LogP contribution is -2.41. The summed E-state index contributed by atoms with van der Waals surface area (Å²) in [5, 5.41) is 4.21. The number of anilines is 3. The zero-order valence-corrected chi connectivity index (χ0v) is 20.5. The van der Waals surface area contributed by atoms with Gasteiger partial charge in [0.25, 0.3) is 0 Å². The van der Waals surface area contributed by atoms with Gasteiger partial charge in [0.05, 0.1) is 13.2 Å². The number of aromatic nitrogens is 2. The van der Waals surface area contributed by atoms with Crippen molar-refractivity contribution in [1.82, 2.24) is 14.9 Å². The van der Waals surface area contributed by atoms with Crippen LogP contribution in [0.5, 0.6) is 5.75 Å². The Bertz CT molecular complexity index is 1190. The number of morpholine rings is 1. The molecule has 0 unspecified atom stereocenters. The molecule has 0 bridgehead atoms. The molecule has 5 rings (SSSR count). The van der Waals surface area contributed by atoms with E-state index in [2.05, 4.69) is 64.1 Å². The fraction of sp³-hybridized carbons (Fsp3) is 0.429. The third-order valence-corrected chi connectivity index (χ3v) is 6.81. The van der Waals surface area contributed by atoms with Crippen molar-refractivity contribution in [3.05, 3.63) is 48.2 Å². The highest BCUT2D eigenvalue weighted by Gasteiger charge is 2.23. The summed E-state index contributed by atoms with van der Waals surface area (Å²) in [6.07, 6.45) is 9.66. The number of hydrogen-bond donors (Lipinski definition) is 1. The Labute approximate surface area is 207 Å². The molecule has 0 amide bonds. The summed E-state index contributed by atoms with van der Waals surface area (Å²) in [5.74, 6) is 3.99. The Morgan fingerprint density at radius 3 is 2.51 bits per heavy atom. The molecule has 3 heterocycles. The van der Waals surface area contributed by atoms with Gasteiger partial charge in [-0.05, 0) is 63.1 Å². The second-order valence-electron chi connectivity index (χ2n) is 9.47. The van der Waals surface area contributed by atoms with Crippen LogP contribution in [0.3, 0.4) is 0 Å². The van der Waals surface area contributed by atoms with Crippen molar-refractivity contribution in [3.8, 4) is 18.1 Å². The molecule has 35 heavy (non-hydrogen) atoms. The molecule has 2 aromatic carbocycles. The van der Waals surface area contributed by atoms with E-state index in [4.69, 9.17) is 20.9 Å². The van der Waals surface area contributed by atoms with Gasteiger partial charge < -0.3 is 24.6 Å². The van der Waals surface area contributed by atoms with Crippen LogP contribution in [0.4, 0.5) is 17.3 Å². The first-order valence-corrected chi connectivity index (χ1v) is 12.5. The molecule has 7 nitrogen and oxygen atoms in total. The number of nitrogens with one attached hydrogen (secondary N) is 1. The van der Waals surface area contributed by atoms with E-state index in [0.717, 1.165) is 80.1 Å². The molecule has 0 saturated carbocycles. The van der Waals surface area contributed by atoms with Crippen LogP contribution < -0.4 is 15.0 Å². The van der Waals surface area contributed by atoms with E-state index in [1.54, 1.807) is 0 Å². The minimum absolute atomic E-state index is 0.153. The first-order chi connectivity index (χ1) is 17.1. The lowest BCUT2D eigenvalue weighted by atomic mass is 10.1. The first kappa shape index (κ1) is 23.4. The van der Waals surface area contributed by atoms with Gasteiger partial charge in [-0.2, -0.15) is 0 Å². The minimum Gasteiger partial charge on any atom is -0.488 e. The summed E-state index contributed by atoms with van der Waals surface area (Å²) >= 11 is 0. The maximum Gasteiger partial charge on any atom is 0.227 e. The fourth-order valence-electron chi connectivity index (χ4n) is 4.74. The predicted octanol–water partition coefficient (Wildman–Crippen LogP) is 4.44. The van der Waals surface area contributed by atoms with Gasteiger partial charge in [0.1, 0.15) is 17.4 Å². The topological polar surface area (TPSA) is 62.8 Å². The lowest BCUT2D eigenvalue weighted by molar-refractivity contribution is 0.0852. The van der Waals surface area contributed by atoms with Gasteiger partial charge in [0.2, 0.25) is 5.95 Å². The van der Waals surface area contributed by atoms with Crippen molar-refractivity contribution in [1.29, 1.82) is 0 Å². The Balaban J connectivity index is 1.34. The normalized spacial score (nSPS) is 17.5. The van der Waals surface area contributed by atoms with Crippen LogP contribution in [-0.4, -0.2) is 66.4 Å². The summed E-state index contributed by atoms with van der Waals surface area (Å²) in [6.45, 7) is 9.94. The molecular formula is C28H33N5O2. The minimum atomic E-state index is 0.153. The summed E-state index contributed by atoms with van der Waals surface area (Å²) < 4.78 is 11.9. The Hall–Kier alpha value is -3.34. The van der Waals surface area contributed by atoms with Gasteiger partial charge in [-0.15, -0.1) is 6.42 Å². The monoisotopic (exact) mass is 471 g/mol. The molecule has 1 aromatic heterocycles. The number of benzene rings is 2. The number of hydrogen-bond acceptors (Lipinski definition) is 7. The summed E-state index contributed by atoms with van der Waals surface area (Å²) in [7, 11) is 0. The third kappa shape index (κ3) is 5.50. The lowest BCUT2D eigenvalue weighted by Gasteiger charge is -2.34. The zero-order valence-electron chi connectivity index (χ0n) is 20.5. The van der Waals surface area contributed by atoms with Crippen molar-refractivity contribution in [2.24, 2.45) is 0 Å². The van der Waals surface area contributed by atoms with Crippen LogP contribution in [0.15, 0.2) is 42.6 Å². The highest BCUT2D eigenvalue weighted by atomic mass is 16.5. The number of fused-ring (bicyclic) bond motifs is 1. The van der Waals surface area contributed by atoms with Crippen LogP contribution >= 0.6 is 0 Å². The molecule has 0 spiro atoms. The first-order valence-electron chi connectivity index (χ1n) is 12.5. The number of terminal acetylenes is 1. The standard InChI is InChI=1S/C28H33N5O2/c1-4-21-17-22-19-29-28(30-23-5-7-24(8-6-23)33-13-15-34-16-14-33)31-27(22)26(18-21)35-25-9-11-32(12-10-25)20(2)3/h1,5-8,17-20,25H,9-16H2,2-3H3,(H,29,30,31). The zero-order chi connectivity index (χ0) is 24.2. The van der Waals surface area contributed by atoms with E-state index in [0.29, 0.717) is 12.0 Å². The van der Waals surface area contributed by atoms with E-state index in [-0.39, 0.29) is 6.10 Å². The molecule has 2 saturated heterocycles. The highest BCUT2D eigenvalue weighted by molar-refractivity contribution is 5.86. The van der Waals surface area contributed by atoms with E-state index in [1.165, 1.54) is 5.69 Å². The summed E-state index contributed by atoms with van der Waals surface area (Å²) in [6, 6.07) is 12.8. The molecule has 1 N–H and O–H groups in total.